The van der Waals surface area contributed by atoms with Crippen LogP contribution in [0.5, 0.6) is 0 Å². The van der Waals surface area contributed by atoms with Gasteiger partial charge in [0.2, 0.25) is 0 Å². The van der Waals surface area contributed by atoms with Crippen LogP contribution in [0, 0.1) is 25.2 Å². The number of rotatable bonds is 4. The summed E-state index contributed by atoms with van der Waals surface area (Å²) in [5.74, 6) is 0. The maximum Gasteiger partial charge on any atom is 0.263 e. The molecule has 2 aromatic carbocycles. The van der Waals surface area contributed by atoms with E-state index in [2.05, 4.69) is 9.71 Å². The second-order valence-electron chi connectivity index (χ2n) is 5.58. The van der Waals surface area contributed by atoms with Crippen molar-refractivity contribution < 1.29 is 8.42 Å². The van der Waals surface area contributed by atoms with Crippen LogP contribution in [0.1, 0.15) is 16.7 Å². The van der Waals surface area contributed by atoms with E-state index in [1.807, 2.05) is 43.5 Å². The fourth-order valence-corrected chi connectivity index (χ4v) is 4.28. The highest BCUT2D eigenvalue weighted by Crippen LogP contribution is 2.28. The molecule has 1 N–H and O–H groups in total. The van der Waals surface area contributed by atoms with Crippen LogP contribution in [0.15, 0.2) is 52.7 Å². The first-order valence-electron chi connectivity index (χ1n) is 7.45. The average Bonchev–Trinajstić information content (AvgIpc) is 3.05. The van der Waals surface area contributed by atoms with Crippen molar-refractivity contribution >= 4 is 26.5 Å². The lowest BCUT2D eigenvalue weighted by atomic mass is 10.1. The zero-order valence-corrected chi connectivity index (χ0v) is 15.3. The van der Waals surface area contributed by atoms with Crippen LogP contribution in [0.4, 0.5) is 5.13 Å². The summed E-state index contributed by atoms with van der Waals surface area (Å²) in [5, 5.41) is 11.0. The van der Waals surface area contributed by atoms with E-state index in [1.165, 1.54) is 35.1 Å². The fourth-order valence-electron chi connectivity index (χ4n) is 2.26. The number of nitrogens with zero attached hydrogens (tertiary/aromatic N) is 2. The van der Waals surface area contributed by atoms with E-state index < -0.39 is 10.0 Å². The van der Waals surface area contributed by atoms with Crippen molar-refractivity contribution in [2.75, 3.05) is 4.72 Å². The number of nitrogens with one attached hydrogen (secondary N) is 1. The number of thiazole rings is 1. The quantitative estimate of drug-likeness (QED) is 0.750. The number of hydrogen-bond donors (Lipinski definition) is 1. The van der Waals surface area contributed by atoms with Crippen molar-refractivity contribution in [2.45, 2.75) is 18.7 Å². The van der Waals surface area contributed by atoms with Crippen LogP contribution in [-0.2, 0) is 10.0 Å². The molecule has 1 heterocycles. The Morgan fingerprint density at radius 2 is 1.92 bits per heavy atom. The summed E-state index contributed by atoms with van der Waals surface area (Å²) in [6.07, 6.45) is 0. The summed E-state index contributed by atoms with van der Waals surface area (Å²) >= 11 is 1.22. The van der Waals surface area contributed by atoms with Crippen LogP contribution >= 0.6 is 11.3 Å². The Morgan fingerprint density at radius 3 is 2.64 bits per heavy atom. The lowest BCUT2D eigenvalue weighted by molar-refractivity contribution is 0.601. The second-order valence-corrected chi connectivity index (χ2v) is 8.12. The predicted molar refractivity (Wildman–Crippen MR) is 99.0 cm³/mol. The maximum absolute atomic E-state index is 12.5. The summed E-state index contributed by atoms with van der Waals surface area (Å²) < 4.78 is 27.4. The molecule has 25 heavy (non-hydrogen) atoms. The van der Waals surface area contributed by atoms with Crippen LogP contribution in [0.2, 0.25) is 0 Å². The Balaban J connectivity index is 1.87. The highest BCUT2D eigenvalue weighted by Gasteiger charge is 2.17. The van der Waals surface area contributed by atoms with Gasteiger partial charge in [-0.3, -0.25) is 4.72 Å². The van der Waals surface area contributed by atoms with Gasteiger partial charge in [-0.2, -0.15) is 5.26 Å². The molecular formula is C18H15N3O2S2. The number of aryl methyl sites for hydroxylation is 2. The van der Waals surface area contributed by atoms with Crippen molar-refractivity contribution in [2.24, 2.45) is 0 Å². The van der Waals surface area contributed by atoms with Gasteiger partial charge in [-0.05, 0) is 49.2 Å². The van der Waals surface area contributed by atoms with Crippen molar-refractivity contribution in [1.29, 1.82) is 5.26 Å². The molecule has 126 valence electrons. The second kappa shape index (κ2) is 6.67. The largest absolute Gasteiger partial charge is 0.263 e. The normalized spacial score (nSPS) is 11.1. The molecule has 3 rings (SSSR count). The minimum Gasteiger partial charge on any atom is -0.255 e. The number of benzene rings is 2. The average molecular weight is 369 g/mol. The smallest absolute Gasteiger partial charge is 0.255 e. The maximum atomic E-state index is 12.5. The molecule has 0 radical (unpaired) electrons. The van der Waals surface area contributed by atoms with Gasteiger partial charge in [-0.1, -0.05) is 18.2 Å². The standard InChI is InChI=1S/C18H15N3O2S2/c1-12-6-7-15(8-13(12)2)17-11-24-18(20-17)21-25(22,23)16-5-3-4-14(9-16)10-19/h3-9,11H,1-2H3,(H,20,21). The van der Waals surface area contributed by atoms with Gasteiger partial charge < -0.3 is 0 Å². The topological polar surface area (TPSA) is 82.9 Å². The first kappa shape index (κ1) is 17.1. The van der Waals surface area contributed by atoms with Crippen molar-refractivity contribution in [3.63, 3.8) is 0 Å². The van der Waals surface area contributed by atoms with E-state index in [4.69, 9.17) is 5.26 Å². The van der Waals surface area contributed by atoms with Gasteiger partial charge in [-0.25, -0.2) is 13.4 Å². The Kier molecular flexibility index (Phi) is 4.57. The van der Waals surface area contributed by atoms with Crippen molar-refractivity contribution in [1.82, 2.24) is 4.98 Å². The highest BCUT2D eigenvalue weighted by atomic mass is 32.2. The van der Waals surface area contributed by atoms with E-state index in [9.17, 15) is 8.42 Å². The molecule has 5 nitrogen and oxygen atoms in total. The number of sulfonamides is 1. The van der Waals surface area contributed by atoms with Gasteiger partial charge in [0.25, 0.3) is 10.0 Å². The molecule has 0 saturated carbocycles. The molecule has 7 heteroatoms. The first-order chi connectivity index (χ1) is 11.9. The molecule has 0 fully saturated rings. The molecule has 0 bridgehead atoms. The zero-order valence-electron chi connectivity index (χ0n) is 13.6. The van der Waals surface area contributed by atoms with Crippen LogP contribution in [0.3, 0.4) is 0 Å². The van der Waals surface area contributed by atoms with E-state index >= 15 is 0 Å². The molecule has 1 aromatic heterocycles. The number of hydrogen-bond acceptors (Lipinski definition) is 5. The molecule has 0 aliphatic carbocycles. The van der Waals surface area contributed by atoms with E-state index in [1.54, 1.807) is 6.07 Å². The lowest BCUT2D eigenvalue weighted by Gasteiger charge is -2.05. The molecule has 0 unspecified atom stereocenters. The monoisotopic (exact) mass is 369 g/mol. The molecule has 0 aliphatic heterocycles. The Bertz CT molecular complexity index is 1080. The zero-order chi connectivity index (χ0) is 18.0. The molecule has 0 spiro atoms. The molecule has 0 saturated heterocycles. The summed E-state index contributed by atoms with van der Waals surface area (Å²) in [7, 11) is -3.78. The van der Waals surface area contributed by atoms with Gasteiger partial charge >= 0.3 is 0 Å². The van der Waals surface area contributed by atoms with Crippen molar-refractivity contribution in [3.8, 4) is 17.3 Å². The first-order valence-corrected chi connectivity index (χ1v) is 9.81. The summed E-state index contributed by atoms with van der Waals surface area (Å²) in [6.45, 7) is 4.06. The molecule has 0 atom stereocenters. The van der Waals surface area contributed by atoms with Gasteiger partial charge in [0.1, 0.15) is 0 Å². The van der Waals surface area contributed by atoms with Gasteiger partial charge in [0, 0.05) is 10.9 Å². The Labute approximate surface area is 150 Å². The Hall–Kier alpha value is -2.69. The van der Waals surface area contributed by atoms with E-state index in [0.29, 0.717) is 0 Å². The SMILES string of the molecule is Cc1ccc(-c2csc(NS(=O)(=O)c3cccc(C#N)c3)n2)cc1C. The molecule has 0 aliphatic rings. The van der Waals surface area contributed by atoms with Crippen LogP contribution in [0.25, 0.3) is 11.3 Å². The van der Waals surface area contributed by atoms with Crippen LogP contribution in [-0.4, -0.2) is 13.4 Å². The molecular weight excluding hydrogens is 354 g/mol. The van der Waals surface area contributed by atoms with Gasteiger partial charge in [-0.15, -0.1) is 11.3 Å². The van der Waals surface area contributed by atoms with E-state index in [-0.39, 0.29) is 15.6 Å². The van der Waals surface area contributed by atoms with Gasteiger partial charge in [0.15, 0.2) is 5.13 Å². The van der Waals surface area contributed by atoms with Gasteiger partial charge in [0.05, 0.1) is 22.2 Å². The Morgan fingerprint density at radius 1 is 1.12 bits per heavy atom. The molecule has 3 aromatic rings. The number of aromatic nitrogens is 1. The van der Waals surface area contributed by atoms with Crippen molar-refractivity contribution in [3.05, 3.63) is 64.5 Å². The van der Waals surface area contributed by atoms with Crippen LogP contribution < -0.4 is 4.72 Å². The fraction of sp³-hybridized carbons (Fsp3) is 0.111. The summed E-state index contributed by atoms with van der Waals surface area (Å²) in [4.78, 5) is 4.40. The predicted octanol–water partition coefficient (Wildman–Crippen LogP) is 4.10. The minimum atomic E-state index is -3.78. The minimum absolute atomic E-state index is 0.0366. The third-order valence-corrected chi connectivity index (χ3v) is 6.03. The third kappa shape index (κ3) is 3.71. The lowest BCUT2D eigenvalue weighted by Crippen LogP contribution is -2.12. The summed E-state index contributed by atoms with van der Waals surface area (Å²) in [6, 6.07) is 13.8. The van der Waals surface area contributed by atoms with E-state index in [0.717, 1.165) is 16.8 Å². The number of anilines is 1. The third-order valence-electron chi connectivity index (χ3n) is 3.80. The summed E-state index contributed by atoms with van der Waals surface area (Å²) in [5.41, 5.74) is 4.30. The highest BCUT2D eigenvalue weighted by molar-refractivity contribution is 7.93. The number of nitriles is 1. The molecule has 0 amide bonds.